The van der Waals surface area contributed by atoms with E-state index >= 15 is 0 Å². The lowest BCUT2D eigenvalue weighted by molar-refractivity contribution is -0.139. The maximum atomic E-state index is 13.3. The molecule has 0 fully saturated rings. The van der Waals surface area contributed by atoms with E-state index < -0.39 is 43.9 Å². The summed E-state index contributed by atoms with van der Waals surface area (Å²) in [6.45, 7) is 1.38. The highest BCUT2D eigenvalue weighted by Crippen LogP contribution is 2.27. The molecule has 0 heterocycles. The first kappa shape index (κ1) is 23.6. The molecular weight excluding hydrogens is 429 g/mol. The van der Waals surface area contributed by atoms with E-state index in [0.717, 1.165) is 25.3 Å². The van der Waals surface area contributed by atoms with Crippen LogP contribution < -0.4 is 9.92 Å². The molecule has 0 amide bonds. The predicted octanol–water partition coefficient (Wildman–Crippen LogP) is 2.80. The number of esters is 1. The summed E-state index contributed by atoms with van der Waals surface area (Å²) < 4.78 is 48.7. The lowest BCUT2D eigenvalue weighted by Gasteiger charge is -2.12. The van der Waals surface area contributed by atoms with E-state index in [-0.39, 0.29) is 23.4 Å². The van der Waals surface area contributed by atoms with Crippen molar-refractivity contribution in [3.63, 3.8) is 0 Å². The van der Waals surface area contributed by atoms with Crippen molar-refractivity contribution in [2.75, 3.05) is 7.11 Å². The summed E-state index contributed by atoms with van der Waals surface area (Å²) >= 11 is 0. The fraction of sp³-hybridized carbons (Fsp3) is 0.143. The van der Waals surface area contributed by atoms with Crippen LogP contribution in [0.3, 0.4) is 0 Å². The van der Waals surface area contributed by atoms with Crippen molar-refractivity contribution < 1.29 is 36.4 Å². The molecule has 0 bridgehead atoms. The molecule has 164 valence electrons. The van der Waals surface area contributed by atoms with Crippen LogP contribution in [0.1, 0.15) is 23.7 Å². The topological polar surface area (TPSA) is 133 Å². The van der Waals surface area contributed by atoms with E-state index in [0.29, 0.717) is 6.07 Å². The van der Waals surface area contributed by atoms with E-state index in [2.05, 4.69) is 4.74 Å². The second kappa shape index (κ2) is 9.90. The Balaban J connectivity index is 2.59. The molecule has 0 saturated carbocycles. The first-order chi connectivity index (χ1) is 14.5. The number of aromatic hydroxyl groups is 1. The first-order valence-electron chi connectivity index (χ1n) is 8.81. The van der Waals surface area contributed by atoms with Crippen molar-refractivity contribution in [2.24, 2.45) is 5.73 Å². The van der Waals surface area contributed by atoms with E-state index in [1.807, 2.05) is 0 Å². The van der Waals surface area contributed by atoms with Crippen molar-refractivity contribution >= 4 is 21.9 Å². The number of hydrogen-bond donors (Lipinski definition) is 2. The number of rotatable bonds is 8. The van der Waals surface area contributed by atoms with Gasteiger partial charge < -0.3 is 19.8 Å². The molecule has 3 N–H and O–H groups in total. The normalized spacial score (nSPS) is 12.7. The summed E-state index contributed by atoms with van der Waals surface area (Å²) in [7, 11) is -3.55. The first-order valence-corrected chi connectivity index (χ1v) is 10.2. The molecule has 10 heteroatoms. The van der Waals surface area contributed by atoms with Crippen LogP contribution in [0.4, 0.5) is 4.39 Å². The fourth-order valence-corrected chi connectivity index (χ4v) is 3.50. The van der Waals surface area contributed by atoms with Crippen molar-refractivity contribution in [3.8, 4) is 11.5 Å². The molecule has 0 spiro atoms. The van der Waals surface area contributed by atoms with Crippen LogP contribution >= 0.6 is 0 Å². The number of carbonyl (C=O) groups excluding carboxylic acids is 2. The van der Waals surface area contributed by atoms with Crippen molar-refractivity contribution in [2.45, 2.75) is 13.3 Å². The number of nitrogens with two attached hydrogens (primary N) is 1. The molecular formula is C21H20FNO7S. The Morgan fingerprint density at radius 1 is 1.16 bits per heavy atom. The molecule has 0 aliphatic heterocycles. The number of carbonyl (C=O) groups is 2. The number of hydrogen-bond acceptors (Lipinski definition) is 8. The van der Waals surface area contributed by atoms with Gasteiger partial charge in [0.1, 0.15) is 17.3 Å². The molecule has 8 nitrogen and oxygen atoms in total. The minimum absolute atomic E-state index is 0.0459. The minimum Gasteiger partial charge on any atom is -0.507 e. The van der Waals surface area contributed by atoms with Gasteiger partial charge in [-0.3, -0.25) is 9.59 Å². The highest BCUT2D eigenvalue weighted by Gasteiger charge is 2.30. The monoisotopic (exact) mass is 449 g/mol. The molecule has 0 radical (unpaired) electrons. The largest absolute Gasteiger partial charge is 0.507 e. The van der Waals surface area contributed by atoms with Crippen molar-refractivity contribution in [1.29, 1.82) is 0 Å². The molecule has 0 atom stereocenters. The van der Waals surface area contributed by atoms with Gasteiger partial charge in [-0.15, -0.1) is 0 Å². The average Bonchev–Trinajstić information content (AvgIpc) is 2.71. The Hall–Kier alpha value is -3.66. The zero-order chi connectivity index (χ0) is 23.2. The highest BCUT2D eigenvalue weighted by atomic mass is 32.2. The number of allylic oxidation sites excluding steroid dienone is 3. The second-order valence-corrected chi connectivity index (χ2v) is 7.83. The Morgan fingerprint density at radius 3 is 2.39 bits per heavy atom. The predicted molar refractivity (Wildman–Crippen MR) is 110 cm³/mol. The minimum atomic E-state index is -4.71. The molecule has 0 unspecified atom stereocenters. The van der Waals surface area contributed by atoms with E-state index in [1.165, 1.54) is 31.2 Å². The van der Waals surface area contributed by atoms with Gasteiger partial charge in [-0.1, -0.05) is 18.2 Å². The number of halogens is 1. The molecule has 2 aromatic rings. The lowest BCUT2D eigenvalue weighted by Crippen LogP contribution is -2.20. The quantitative estimate of drug-likeness (QED) is 0.207. The van der Waals surface area contributed by atoms with Gasteiger partial charge in [0.2, 0.25) is 5.78 Å². The SMILES string of the molecule is COC(=O)C/C(N)=C(C)/C=C(\C(=O)c1ccc(F)cc1O)S(=O)(=O)Oc1ccccc1. The van der Waals surface area contributed by atoms with Crippen LogP contribution in [0, 0.1) is 5.82 Å². The van der Waals surface area contributed by atoms with Gasteiger partial charge in [-0.05, 0) is 42.8 Å². The number of methoxy groups -OCH3 is 1. The van der Waals surface area contributed by atoms with Crippen LogP contribution in [0.2, 0.25) is 0 Å². The molecule has 31 heavy (non-hydrogen) atoms. The van der Waals surface area contributed by atoms with Gasteiger partial charge in [-0.2, -0.15) is 8.42 Å². The lowest BCUT2D eigenvalue weighted by atomic mass is 10.1. The summed E-state index contributed by atoms with van der Waals surface area (Å²) in [5.41, 5.74) is 5.38. The Labute approximate surface area is 178 Å². The van der Waals surface area contributed by atoms with Crippen LogP contribution in [0.25, 0.3) is 0 Å². The third kappa shape index (κ3) is 6.16. The van der Waals surface area contributed by atoms with Gasteiger partial charge in [0.05, 0.1) is 19.1 Å². The molecule has 0 aromatic heterocycles. The number of ketones is 1. The highest BCUT2D eigenvalue weighted by molar-refractivity contribution is 7.92. The Morgan fingerprint density at radius 2 is 1.81 bits per heavy atom. The van der Waals surface area contributed by atoms with Crippen LogP contribution in [-0.2, 0) is 19.6 Å². The van der Waals surface area contributed by atoms with E-state index in [4.69, 9.17) is 9.92 Å². The van der Waals surface area contributed by atoms with Crippen LogP contribution in [0.5, 0.6) is 11.5 Å². The standard InChI is InChI=1S/C21H20FNO7S/c1-13(17(23)12-20(25)29-2)10-19(21(26)16-9-8-14(22)11-18(16)24)31(27,28)30-15-6-4-3-5-7-15/h3-11,24H,12,23H2,1-2H3/b17-13-,19-10+. The maximum Gasteiger partial charge on any atom is 0.343 e. The molecule has 0 saturated heterocycles. The number of para-hydroxylation sites is 1. The van der Waals surface area contributed by atoms with Gasteiger partial charge in [0.25, 0.3) is 0 Å². The van der Waals surface area contributed by atoms with Gasteiger partial charge >= 0.3 is 16.1 Å². The Bertz CT molecular complexity index is 1160. The van der Waals surface area contributed by atoms with Crippen molar-refractivity contribution in [3.05, 3.63) is 82.2 Å². The number of Topliss-reactive ketones (excluding diaryl/α,β-unsaturated/α-hetero) is 1. The van der Waals surface area contributed by atoms with Gasteiger partial charge in [0, 0.05) is 11.8 Å². The van der Waals surface area contributed by atoms with Gasteiger partial charge in [-0.25, -0.2) is 4.39 Å². The zero-order valence-electron chi connectivity index (χ0n) is 16.7. The number of phenols is 1. The average molecular weight is 449 g/mol. The molecule has 2 aromatic carbocycles. The second-order valence-electron chi connectivity index (χ2n) is 6.31. The number of ether oxygens (including phenoxy) is 1. The number of benzene rings is 2. The smallest absolute Gasteiger partial charge is 0.343 e. The number of phenolic OH excluding ortho intramolecular Hbond substituents is 1. The summed E-state index contributed by atoms with van der Waals surface area (Å²) in [5, 5.41) is 9.94. The molecule has 2 rings (SSSR count). The third-order valence-electron chi connectivity index (χ3n) is 4.06. The molecule has 0 aliphatic rings. The summed E-state index contributed by atoms with van der Waals surface area (Å²) in [5.74, 6) is -3.46. The summed E-state index contributed by atoms with van der Waals surface area (Å²) in [4.78, 5) is 23.6. The Kier molecular flexibility index (Phi) is 7.54. The fourth-order valence-electron chi connectivity index (χ4n) is 2.38. The van der Waals surface area contributed by atoms with Gasteiger partial charge in [0.15, 0.2) is 4.91 Å². The summed E-state index contributed by atoms with van der Waals surface area (Å²) in [6, 6.07) is 9.93. The summed E-state index contributed by atoms with van der Waals surface area (Å²) in [6.07, 6.45) is 0.573. The van der Waals surface area contributed by atoms with Crippen LogP contribution in [-0.4, -0.2) is 32.4 Å². The van der Waals surface area contributed by atoms with Crippen LogP contribution in [0.15, 0.2) is 70.8 Å². The van der Waals surface area contributed by atoms with Crippen molar-refractivity contribution in [1.82, 2.24) is 0 Å². The zero-order valence-corrected chi connectivity index (χ0v) is 17.5. The van der Waals surface area contributed by atoms with E-state index in [1.54, 1.807) is 6.07 Å². The third-order valence-corrected chi connectivity index (χ3v) is 5.32. The molecule has 0 aliphatic carbocycles. The maximum absolute atomic E-state index is 13.3. The van der Waals surface area contributed by atoms with E-state index in [9.17, 15) is 27.5 Å².